The summed E-state index contributed by atoms with van der Waals surface area (Å²) in [7, 11) is 0. The molecule has 0 atom stereocenters. The van der Waals surface area contributed by atoms with Gasteiger partial charge in [0, 0.05) is 26.5 Å². The van der Waals surface area contributed by atoms with Gasteiger partial charge in [-0.05, 0) is 67.3 Å². The van der Waals surface area contributed by atoms with E-state index >= 15 is 0 Å². The molecule has 0 heterocycles. The van der Waals surface area contributed by atoms with E-state index in [2.05, 4.69) is 90.7 Å². The van der Waals surface area contributed by atoms with Crippen LogP contribution in [0.4, 0.5) is 0 Å². The molecule has 0 aliphatic rings. The van der Waals surface area contributed by atoms with Crippen LogP contribution in [0.1, 0.15) is 25.0 Å². The molecule has 0 bridgehead atoms. The predicted octanol–water partition coefficient (Wildman–Crippen LogP) is 7.25. The molecule has 0 aliphatic heterocycles. The SMILES string of the molecule is C=CC(=O)Oc1cc(Br)c(C(C)(C)c2cc(Br)c(OC(=O)C=C)cc2Br)cc1Br. The van der Waals surface area contributed by atoms with Crippen LogP contribution in [-0.2, 0) is 15.0 Å². The third-order valence-electron chi connectivity index (χ3n) is 4.14. The predicted molar refractivity (Wildman–Crippen MR) is 127 cm³/mol. The van der Waals surface area contributed by atoms with E-state index in [4.69, 9.17) is 9.47 Å². The van der Waals surface area contributed by atoms with Crippen LogP contribution in [0.3, 0.4) is 0 Å². The summed E-state index contributed by atoms with van der Waals surface area (Å²) in [5.74, 6) is -0.316. The van der Waals surface area contributed by atoms with Gasteiger partial charge in [0.15, 0.2) is 0 Å². The maximum atomic E-state index is 11.5. The van der Waals surface area contributed by atoms with Gasteiger partial charge in [0.1, 0.15) is 11.5 Å². The summed E-state index contributed by atoms with van der Waals surface area (Å²) in [6, 6.07) is 7.24. The summed E-state index contributed by atoms with van der Waals surface area (Å²) in [4.78, 5) is 23.1. The minimum atomic E-state index is -0.541. The Bertz CT molecular complexity index is 933. The van der Waals surface area contributed by atoms with Crippen LogP contribution in [0.5, 0.6) is 11.5 Å². The number of carbonyl (C=O) groups excluding carboxylic acids is 2. The zero-order valence-electron chi connectivity index (χ0n) is 15.5. The zero-order valence-corrected chi connectivity index (χ0v) is 21.9. The van der Waals surface area contributed by atoms with Crippen LogP contribution in [0.25, 0.3) is 0 Å². The first kappa shape index (κ1) is 24.1. The third-order valence-corrected chi connectivity index (χ3v) is 6.70. The fourth-order valence-electron chi connectivity index (χ4n) is 2.62. The van der Waals surface area contributed by atoms with E-state index in [1.54, 1.807) is 12.1 Å². The molecule has 29 heavy (non-hydrogen) atoms. The first-order valence-electron chi connectivity index (χ1n) is 8.18. The summed E-state index contributed by atoms with van der Waals surface area (Å²) in [6.07, 6.45) is 2.21. The molecular formula is C21H16Br4O4. The molecule has 8 heteroatoms. The van der Waals surface area contributed by atoms with Crippen LogP contribution in [0, 0.1) is 0 Å². The monoisotopic (exact) mass is 648 g/mol. The Balaban J connectivity index is 2.52. The standard InChI is InChI=1S/C21H16Br4O4/c1-5-19(26)28-17-9-13(22)11(7-15(17)24)21(3,4)12-8-16(25)18(10-14(12)23)29-20(27)6-2/h5-10H,1-2H2,3-4H3. The molecule has 0 amide bonds. The first-order chi connectivity index (χ1) is 13.5. The molecule has 0 saturated heterocycles. The Hall–Kier alpha value is -1.22. The number of benzene rings is 2. The van der Waals surface area contributed by atoms with E-state index in [1.807, 2.05) is 12.1 Å². The summed E-state index contributed by atoms with van der Waals surface area (Å²) < 4.78 is 13.3. The Labute approximate surface area is 202 Å². The van der Waals surface area contributed by atoms with E-state index in [-0.39, 0.29) is 0 Å². The lowest BCUT2D eigenvalue weighted by molar-refractivity contribution is -0.129. The van der Waals surface area contributed by atoms with Gasteiger partial charge < -0.3 is 9.47 Å². The smallest absolute Gasteiger partial charge is 0.335 e. The first-order valence-corrected chi connectivity index (χ1v) is 11.4. The molecule has 4 nitrogen and oxygen atoms in total. The molecule has 152 valence electrons. The van der Waals surface area contributed by atoms with Gasteiger partial charge in [-0.2, -0.15) is 0 Å². The lowest BCUT2D eigenvalue weighted by Gasteiger charge is -2.29. The van der Waals surface area contributed by atoms with Gasteiger partial charge in [-0.25, -0.2) is 9.59 Å². The van der Waals surface area contributed by atoms with Gasteiger partial charge in [0.25, 0.3) is 0 Å². The number of rotatable bonds is 6. The lowest BCUT2D eigenvalue weighted by atomic mass is 9.78. The highest BCUT2D eigenvalue weighted by Gasteiger charge is 2.30. The molecule has 0 saturated carbocycles. The molecule has 0 N–H and O–H groups in total. The maximum Gasteiger partial charge on any atom is 0.335 e. The number of halogens is 4. The molecule has 0 radical (unpaired) electrons. The van der Waals surface area contributed by atoms with Crippen molar-refractivity contribution in [2.75, 3.05) is 0 Å². The van der Waals surface area contributed by atoms with Crippen molar-refractivity contribution in [3.05, 3.63) is 78.6 Å². The van der Waals surface area contributed by atoms with Crippen molar-refractivity contribution in [3.63, 3.8) is 0 Å². The van der Waals surface area contributed by atoms with Crippen LogP contribution < -0.4 is 9.47 Å². The largest absolute Gasteiger partial charge is 0.422 e. The second-order valence-corrected chi connectivity index (χ2v) is 9.82. The molecule has 2 aromatic carbocycles. The molecule has 0 aliphatic carbocycles. The minimum absolute atomic E-state index is 0.383. The quantitative estimate of drug-likeness (QED) is 0.188. The average Bonchev–Trinajstić information content (AvgIpc) is 2.66. The van der Waals surface area contributed by atoms with Crippen molar-refractivity contribution in [3.8, 4) is 11.5 Å². The number of hydrogen-bond donors (Lipinski definition) is 0. The van der Waals surface area contributed by atoms with Crippen molar-refractivity contribution in [1.29, 1.82) is 0 Å². The summed E-state index contributed by atoms with van der Waals surface area (Å²) in [5.41, 5.74) is 1.43. The molecule has 0 unspecified atom stereocenters. The molecule has 2 aromatic rings. The van der Waals surface area contributed by atoms with E-state index < -0.39 is 17.4 Å². The van der Waals surface area contributed by atoms with Crippen molar-refractivity contribution >= 4 is 75.7 Å². The van der Waals surface area contributed by atoms with E-state index in [9.17, 15) is 9.59 Å². The number of esters is 2. The van der Waals surface area contributed by atoms with Crippen molar-refractivity contribution in [1.82, 2.24) is 0 Å². The Morgan fingerprint density at radius 2 is 1.10 bits per heavy atom. The second-order valence-electron chi connectivity index (χ2n) is 6.40. The van der Waals surface area contributed by atoms with E-state index in [0.29, 0.717) is 20.4 Å². The zero-order chi connectivity index (χ0) is 21.9. The fraction of sp³-hybridized carbons (Fsp3) is 0.143. The Kier molecular flexibility index (Phi) is 8.07. The van der Waals surface area contributed by atoms with Crippen LogP contribution >= 0.6 is 63.7 Å². The lowest BCUT2D eigenvalue weighted by Crippen LogP contribution is -2.21. The van der Waals surface area contributed by atoms with Crippen molar-refractivity contribution < 1.29 is 19.1 Å². The van der Waals surface area contributed by atoms with Gasteiger partial charge in [-0.1, -0.05) is 58.9 Å². The van der Waals surface area contributed by atoms with Gasteiger partial charge in [0.2, 0.25) is 0 Å². The molecule has 2 rings (SSSR count). The topological polar surface area (TPSA) is 52.6 Å². The van der Waals surface area contributed by atoms with Gasteiger partial charge in [0.05, 0.1) is 8.95 Å². The van der Waals surface area contributed by atoms with Crippen LogP contribution in [0.2, 0.25) is 0 Å². The Morgan fingerprint density at radius 1 is 0.759 bits per heavy atom. The van der Waals surface area contributed by atoms with Crippen molar-refractivity contribution in [2.45, 2.75) is 19.3 Å². The summed E-state index contributed by atoms with van der Waals surface area (Å²) >= 11 is 14.1. The fourth-order valence-corrected chi connectivity index (χ4v) is 5.10. The summed E-state index contributed by atoms with van der Waals surface area (Å²) in [6.45, 7) is 10.9. The average molecular weight is 652 g/mol. The Morgan fingerprint density at radius 3 is 1.41 bits per heavy atom. The normalized spacial score (nSPS) is 11.0. The second kappa shape index (κ2) is 9.73. The number of ether oxygens (including phenoxy) is 2. The third kappa shape index (κ3) is 5.48. The van der Waals surface area contributed by atoms with Crippen LogP contribution in [-0.4, -0.2) is 11.9 Å². The highest BCUT2D eigenvalue weighted by molar-refractivity contribution is 9.11. The molecular weight excluding hydrogens is 636 g/mol. The molecule has 0 fully saturated rings. The van der Waals surface area contributed by atoms with E-state index in [0.717, 1.165) is 32.2 Å². The molecule has 0 spiro atoms. The summed E-state index contributed by atoms with van der Waals surface area (Å²) in [5, 5.41) is 0. The van der Waals surface area contributed by atoms with Crippen LogP contribution in [0.15, 0.2) is 67.5 Å². The number of hydrogen-bond acceptors (Lipinski definition) is 4. The van der Waals surface area contributed by atoms with Gasteiger partial charge >= 0.3 is 11.9 Å². The number of carbonyl (C=O) groups is 2. The van der Waals surface area contributed by atoms with Gasteiger partial charge in [-0.15, -0.1) is 0 Å². The highest BCUT2D eigenvalue weighted by atomic mass is 79.9. The maximum absolute atomic E-state index is 11.5. The highest BCUT2D eigenvalue weighted by Crippen LogP contribution is 2.45. The molecule has 0 aromatic heterocycles. The minimum Gasteiger partial charge on any atom is -0.422 e. The van der Waals surface area contributed by atoms with E-state index in [1.165, 1.54) is 0 Å². The van der Waals surface area contributed by atoms with Crippen molar-refractivity contribution in [2.24, 2.45) is 0 Å². The van der Waals surface area contributed by atoms with Gasteiger partial charge in [-0.3, -0.25) is 0 Å².